The number of amides is 1. The molecule has 0 aromatic heterocycles. The Bertz CT molecular complexity index is 660. The molecule has 0 aliphatic rings. The molecule has 0 fully saturated rings. The second-order valence-electron chi connectivity index (χ2n) is 4.43. The summed E-state index contributed by atoms with van der Waals surface area (Å²) < 4.78 is 10.4. The monoisotopic (exact) mass is 283 g/mol. The van der Waals surface area contributed by atoms with E-state index in [1.54, 1.807) is 32.4 Å². The van der Waals surface area contributed by atoms with Crippen molar-refractivity contribution in [2.75, 3.05) is 14.2 Å². The van der Waals surface area contributed by atoms with Gasteiger partial charge in [-0.25, -0.2) is 0 Å². The summed E-state index contributed by atoms with van der Waals surface area (Å²) in [4.78, 5) is 11.2. The van der Waals surface area contributed by atoms with Gasteiger partial charge in [-0.3, -0.25) is 4.79 Å². The zero-order valence-corrected chi connectivity index (χ0v) is 12.0. The predicted octanol–water partition coefficient (Wildman–Crippen LogP) is 2.97. The number of hydrogen-bond donors (Lipinski definition) is 1. The largest absolute Gasteiger partial charge is 0.497 e. The smallest absolute Gasteiger partial charge is 0.248 e. The number of ether oxygens (including phenoxy) is 2. The van der Waals surface area contributed by atoms with E-state index in [2.05, 4.69) is 0 Å². The summed E-state index contributed by atoms with van der Waals surface area (Å²) in [6, 6.07) is 12.7. The van der Waals surface area contributed by atoms with Crippen LogP contribution in [0.1, 0.15) is 21.5 Å². The van der Waals surface area contributed by atoms with Crippen molar-refractivity contribution in [1.82, 2.24) is 0 Å². The van der Waals surface area contributed by atoms with E-state index in [9.17, 15) is 4.79 Å². The Balaban J connectivity index is 2.29. The fraction of sp³-hybridized carbons (Fsp3) is 0.118. The summed E-state index contributed by atoms with van der Waals surface area (Å²) in [6.07, 6.45) is 3.81. The first kappa shape index (κ1) is 14.7. The van der Waals surface area contributed by atoms with E-state index in [0.717, 1.165) is 16.9 Å². The Hall–Kier alpha value is -2.75. The Morgan fingerprint density at radius 3 is 2.29 bits per heavy atom. The fourth-order valence-corrected chi connectivity index (χ4v) is 1.92. The Morgan fingerprint density at radius 1 is 1.00 bits per heavy atom. The Kier molecular flexibility index (Phi) is 4.61. The molecule has 2 aromatic carbocycles. The van der Waals surface area contributed by atoms with Crippen LogP contribution in [0.25, 0.3) is 12.2 Å². The van der Waals surface area contributed by atoms with Gasteiger partial charge in [0.25, 0.3) is 0 Å². The van der Waals surface area contributed by atoms with Gasteiger partial charge >= 0.3 is 0 Å². The SMILES string of the molecule is COc1ccc(/C=C/c2cc(C(N)=O)ccc2OC)cc1. The number of methoxy groups -OCH3 is 2. The summed E-state index contributed by atoms with van der Waals surface area (Å²) in [5.41, 5.74) is 7.56. The molecular formula is C17H17NO3. The number of rotatable bonds is 5. The zero-order chi connectivity index (χ0) is 15.2. The van der Waals surface area contributed by atoms with Crippen LogP contribution in [-0.2, 0) is 0 Å². The van der Waals surface area contributed by atoms with Crippen molar-refractivity contribution in [3.05, 3.63) is 59.2 Å². The molecule has 2 N–H and O–H groups in total. The molecule has 0 atom stereocenters. The van der Waals surface area contributed by atoms with Crippen LogP contribution in [0.4, 0.5) is 0 Å². The van der Waals surface area contributed by atoms with Crippen LogP contribution >= 0.6 is 0 Å². The lowest BCUT2D eigenvalue weighted by atomic mass is 10.1. The van der Waals surface area contributed by atoms with Gasteiger partial charge in [0.1, 0.15) is 11.5 Å². The molecule has 2 rings (SSSR count). The minimum atomic E-state index is -0.461. The van der Waals surface area contributed by atoms with E-state index in [1.807, 2.05) is 36.4 Å². The molecule has 4 heteroatoms. The number of benzene rings is 2. The molecule has 21 heavy (non-hydrogen) atoms. The highest BCUT2D eigenvalue weighted by molar-refractivity contribution is 5.94. The highest BCUT2D eigenvalue weighted by Crippen LogP contribution is 2.22. The molecule has 0 unspecified atom stereocenters. The molecule has 0 aliphatic carbocycles. The third-order valence-electron chi connectivity index (χ3n) is 3.09. The van der Waals surface area contributed by atoms with Crippen LogP contribution in [0.3, 0.4) is 0 Å². The minimum Gasteiger partial charge on any atom is -0.497 e. The van der Waals surface area contributed by atoms with E-state index >= 15 is 0 Å². The fourth-order valence-electron chi connectivity index (χ4n) is 1.92. The van der Waals surface area contributed by atoms with Gasteiger partial charge in [-0.1, -0.05) is 24.3 Å². The molecule has 0 bridgehead atoms. The van der Waals surface area contributed by atoms with Crippen LogP contribution in [0.5, 0.6) is 11.5 Å². The maximum atomic E-state index is 11.2. The van der Waals surface area contributed by atoms with Crippen LogP contribution in [0.15, 0.2) is 42.5 Å². The molecule has 0 aliphatic heterocycles. The molecular weight excluding hydrogens is 266 g/mol. The summed E-state index contributed by atoms with van der Waals surface area (Å²) >= 11 is 0. The van der Waals surface area contributed by atoms with Gasteiger partial charge in [-0.15, -0.1) is 0 Å². The van der Waals surface area contributed by atoms with Gasteiger partial charge in [-0.05, 0) is 35.9 Å². The molecule has 4 nitrogen and oxygen atoms in total. The summed E-state index contributed by atoms with van der Waals surface area (Å²) in [5, 5.41) is 0. The molecule has 0 heterocycles. The average Bonchev–Trinajstić information content (AvgIpc) is 2.53. The summed E-state index contributed by atoms with van der Waals surface area (Å²) in [6.45, 7) is 0. The van der Waals surface area contributed by atoms with Gasteiger partial charge in [0.15, 0.2) is 0 Å². The van der Waals surface area contributed by atoms with E-state index in [0.29, 0.717) is 11.3 Å². The normalized spacial score (nSPS) is 10.6. The van der Waals surface area contributed by atoms with E-state index in [1.165, 1.54) is 0 Å². The van der Waals surface area contributed by atoms with Crippen molar-refractivity contribution in [1.29, 1.82) is 0 Å². The summed E-state index contributed by atoms with van der Waals surface area (Å²) in [5.74, 6) is 1.03. The highest BCUT2D eigenvalue weighted by Gasteiger charge is 2.05. The second-order valence-corrected chi connectivity index (χ2v) is 4.43. The third-order valence-corrected chi connectivity index (χ3v) is 3.09. The number of hydrogen-bond acceptors (Lipinski definition) is 3. The van der Waals surface area contributed by atoms with Crippen LogP contribution < -0.4 is 15.2 Å². The Labute approximate surface area is 123 Å². The van der Waals surface area contributed by atoms with Crippen molar-refractivity contribution < 1.29 is 14.3 Å². The standard InChI is InChI=1S/C17H17NO3/c1-20-15-8-4-12(5-9-15)3-6-13-11-14(17(18)19)7-10-16(13)21-2/h3-11H,1-2H3,(H2,18,19)/b6-3+. The van der Waals surface area contributed by atoms with Gasteiger partial charge < -0.3 is 15.2 Å². The van der Waals surface area contributed by atoms with Crippen molar-refractivity contribution >= 4 is 18.1 Å². The molecule has 2 aromatic rings. The van der Waals surface area contributed by atoms with E-state index < -0.39 is 5.91 Å². The van der Waals surface area contributed by atoms with E-state index in [4.69, 9.17) is 15.2 Å². The van der Waals surface area contributed by atoms with Crippen molar-refractivity contribution in [3.63, 3.8) is 0 Å². The van der Waals surface area contributed by atoms with Gasteiger partial charge in [-0.2, -0.15) is 0 Å². The van der Waals surface area contributed by atoms with E-state index in [-0.39, 0.29) is 0 Å². The number of carbonyl (C=O) groups excluding carboxylic acids is 1. The quantitative estimate of drug-likeness (QED) is 0.858. The predicted molar refractivity (Wildman–Crippen MR) is 83.4 cm³/mol. The average molecular weight is 283 g/mol. The molecule has 0 saturated heterocycles. The molecule has 0 radical (unpaired) electrons. The third kappa shape index (κ3) is 3.63. The maximum Gasteiger partial charge on any atom is 0.248 e. The Morgan fingerprint density at radius 2 is 1.71 bits per heavy atom. The van der Waals surface area contributed by atoms with Crippen LogP contribution in [0, 0.1) is 0 Å². The van der Waals surface area contributed by atoms with Crippen molar-refractivity contribution in [2.45, 2.75) is 0 Å². The molecule has 1 amide bonds. The minimum absolute atomic E-state index is 0.449. The second kappa shape index (κ2) is 6.61. The van der Waals surface area contributed by atoms with Crippen LogP contribution in [-0.4, -0.2) is 20.1 Å². The molecule has 108 valence electrons. The lowest BCUT2D eigenvalue weighted by Gasteiger charge is -2.06. The first-order valence-electron chi connectivity index (χ1n) is 6.44. The summed E-state index contributed by atoms with van der Waals surface area (Å²) in [7, 11) is 3.22. The zero-order valence-electron chi connectivity index (χ0n) is 12.0. The first-order chi connectivity index (χ1) is 10.1. The van der Waals surface area contributed by atoms with Gasteiger partial charge in [0.2, 0.25) is 5.91 Å². The lowest BCUT2D eigenvalue weighted by Crippen LogP contribution is -2.10. The van der Waals surface area contributed by atoms with Crippen molar-refractivity contribution in [3.8, 4) is 11.5 Å². The molecule has 0 spiro atoms. The topological polar surface area (TPSA) is 61.5 Å². The number of nitrogens with two attached hydrogens (primary N) is 1. The highest BCUT2D eigenvalue weighted by atomic mass is 16.5. The van der Waals surface area contributed by atoms with Gasteiger partial charge in [0, 0.05) is 11.1 Å². The maximum absolute atomic E-state index is 11.2. The number of primary amides is 1. The van der Waals surface area contributed by atoms with Crippen LogP contribution in [0.2, 0.25) is 0 Å². The van der Waals surface area contributed by atoms with Crippen molar-refractivity contribution in [2.24, 2.45) is 5.73 Å². The van der Waals surface area contributed by atoms with Gasteiger partial charge in [0.05, 0.1) is 14.2 Å². The molecule has 0 saturated carbocycles. The first-order valence-corrected chi connectivity index (χ1v) is 6.44. The number of carbonyl (C=O) groups is 1. The lowest BCUT2D eigenvalue weighted by molar-refractivity contribution is 0.1000.